The molecule has 4 aliphatic heterocycles. The molecule has 1 aromatic heterocycles. The molecule has 4 aliphatic rings. The molecule has 7 rings (SSSR count). The third-order valence-corrected chi connectivity index (χ3v) is 11.7. The average Bonchev–Trinajstić information content (AvgIpc) is 3.98. The first kappa shape index (κ1) is 42.0. The van der Waals surface area contributed by atoms with E-state index in [1.165, 1.54) is 34.9 Å². The zero-order valence-corrected chi connectivity index (χ0v) is 33.5. The Balaban J connectivity index is 1.21. The number of aromatic nitrogens is 2. The lowest BCUT2D eigenvalue weighted by Crippen LogP contribution is -2.63. The number of halogens is 2. The number of urea groups is 1. The Bertz CT molecular complexity index is 2170. The van der Waals surface area contributed by atoms with E-state index < -0.39 is 102 Å². The highest BCUT2D eigenvalue weighted by Crippen LogP contribution is 2.29. The van der Waals surface area contributed by atoms with Crippen LogP contribution < -0.4 is 21.3 Å². The molecule has 8 atom stereocenters. The highest BCUT2D eigenvalue weighted by molar-refractivity contribution is 5.99. The molecule has 320 valence electrons. The van der Waals surface area contributed by atoms with Crippen molar-refractivity contribution in [3.63, 3.8) is 0 Å². The third kappa shape index (κ3) is 9.03. The summed E-state index contributed by atoms with van der Waals surface area (Å²) in [6, 6.07) is -0.548. The predicted molar refractivity (Wildman–Crippen MR) is 211 cm³/mol. The van der Waals surface area contributed by atoms with E-state index in [0.717, 1.165) is 12.1 Å². The Hall–Kier alpha value is -6.14. The van der Waals surface area contributed by atoms with Gasteiger partial charge in [0.1, 0.15) is 54.0 Å². The highest BCUT2D eigenvalue weighted by atomic mass is 19.1. The quantitative estimate of drug-likeness (QED) is 0.230. The largest absolute Gasteiger partial charge is 0.458 e. The molecule has 3 aromatic rings. The molecule has 5 N–H and O–H groups in total. The fraction of sp³-hybridized carbons (Fsp3) is 0.512. The second-order valence-corrected chi connectivity index (χ2v) is 16.2. The van der Waals surface area contributed by atoms with E-state index in [9.17, 15) is 42.3 Å². The monoisotopic (exact) mass is 833 g/mol. The number of aromatic amines is 1. The van der Waals surface area contributed by atoms with Crippen molar-refractivity contribution in [3.8, 4) is 0 Å². The second kappa shape index (κ2) is 17.6. The van der Waals surface area contributed by atoms with Crippen molar-refractivity contribution in [2.24, 2.45) is 5.92 Å². The lowest BCUT2D eigenvalue weighted by Gasteiger charge is -2.39. The number of piperidine rings is 1. The van der Waals surface area contributed by atoms with Gasteiger partial charge in [-0.3, -0.25) is 24.0 Å². The number of ether oxygens (including phenoxy) is 1. The number of carbonyl (C=O) groups excluding carboxylic acids is 7. The lowest BCUT2D eigenvalue weighted by atomic mass is 9.99. The zero-order chi connectivity index (χ0) is 42.8. The molecule has 0 saturated carbocycles. The lowest BCUT2D eigenvalue weighted by molar-refractivity contribution is -0.163. The molecule has 0 aliphatic carbocycles. The van der Waals surface area contributed by atoms with Crippen molar-refractivity contribution in [1.82, 2.24) is 40.6 Å². The number of imidazole rings is 1. The second-order valence-electron chi connectivity index (χ2n) is 16.2. The topological polar surface area (TPSA) is 215 Å². The zero-order valence-electron chi connectivity index (χ0n) is 33.5. The number of nitrogens with zero attached hydrogens (tertiary/aromatic N) is 4. The fourth-order valence-corrected chi connectivity index (χ4v) is 8.73. The Morgan fingerprint density at radius 3 is 2.35 bits per heavy atom. The molecule has 17 nitrogen and oxygen atoms in total. The van der Waals surface area contributed by atoms with Crippen LogP contribution in [0.4, 0.5) is 19.3 Å². The summed E-state index contributed by atoms with van der Waals surface area (Å²) < 4.78 is 34.7. The summed E-state index contributed by atoms with van der Waals surface area (Å²) in [7, 11) is 0. The average molecular weight is 834 g/mol. The van der Waals surface area contributed by atoms with Gasteiger partial charge in [-0.05, 0) is 94.2 Å². The van der Waals surface area contributed by atoms with Crippen molar-refractivity contribution in [2.75, 3.05) is 25.0 Å². The van der Waals surface area contributed by atoms with Crippen molar-refractivity contribution >= 4 is 58.3 Å². The maximum Gasteiger partial charge on any atom is 0.329 e. The summed E-state index contributed by atoms with van der Waals surface area (Å²) in [4.78, 5) is 110. The Morgan fingerprint density at radius 1 is 0.867 bits per heavy atom. The number of H-pyrrole nitrogens is 1. The molecule has 4 fully saturated rings. The minimum Gasteiger partial charge on any atom is -0.458 e. The number of fused-ring (bicyclic) bond motifs is 4. The molecular formula is C41H49F2N9O8. The number of benzene rings is 2. The van der Waals surface area contributed by atoms with Crippen molar-refractivity contribution in [1.29, 1.82) is 0 Å². The Labute approximate surface area is 344 Å². The summed E-state index contributed by atoms with van der Waals surface area (Å²) >= 11 is 0. The van der Waals surface area contributed by atoms with Crippen LogP contribution in [0.3, 0.4) is 0 Å². The van der Waals surface area contributed by atoms with Gasteiger partial charge in [0.25, 0.3) is 0 Å². The molecule has 0 unspecified atom stereocenters. The van der Waals surface area contributed by atoms with Crippen LogP contribution in [-0.4, -0.2) is 128 Å². The summed E-state index contributed by atoms with van der Waals surface area (Å²) in [5.74, 6) is -6.03. The standard InChI is InChI=1S/C41H49F2N9O8/c1-21-13-33-40(58)60-23(3)34(39(57)51-12-6-8-32(51)38(56)50-11-5-4-7-31(50)36(54)46-22(2)37(55)52(33)19-21)49-35(53)30(16-24-14-25(42)17-26(43)15-24)48-41(59)47-27-9-10-28-29(18-27)45-20-44-28/h9-10,14-15,17-18,20-23,30-34H,4-8,11-13,16,19H2,1-3H3,(H,44,45)(H,46,54)(H,49,53)(H2,47,48,59)/t21-,22-,23-,30-,31-,32-,33-,34-/m0/s1. The van der Waals surface area contributed by atoms with Gasteiger partial charge >= 0.3 is 12.0 Å². The van der Waals surface area contributed by atoms with Crippen LogP contribution >= 0.6 is 0 Å². The van der Waals surface area contributed by atoms with Gasteiger partial charge in [0.15, 0.2) is 0 Å². The van der Waals surface area contributed by atoms with Gasteiger partial charge in [0.2, 0.25) is 29.5 Å². The maximum atomic E-state index is 14.7. The van der Waals surface area contributed by atoms with Crippen molar-refractivity contribution < 1.29 is 47.1 Å². The molecule has 0 bridgehead atoms. The van der Waals surface area contributed by atoms with Crippen molar-refractivity contribution in [3.05, 3.63) is 59.9 Å². The minimum atomic E-state index is -1.63. The number of cyclic esters (lactones) is 1. The van der Waals surface area contributed by atoms with Crippen molar-refractivity contribution in [2.45, 2.75) is 108 Å². The summed E-state index contributed by atoms with van der Waals surface area (Å²) in [6.45, 7) is 5.34. The number of hydrogen-bond acceptors (Lipinski definition) is 9. The van der Waals surface area contributed by atoms with Gasteiger partial charge in [-0.15, -0.1) is 0 Å². The van der Waals surface area contributed by atoms with Crippen LogP contribution in [0.2, 0.25) is 0 Å². The van der Waals surface area contributed by atoms with Gasteiger partial charge in [-0.25, -0.2) is 23.4 Å². The Kier molecular flexibility index (Phi) is 12.3. The smallest absolute Gasteiger partial charge is 0.329 e. The van der Waals surface area contributed by atoms with E-state index in [1.54, 1.807) is 18.2 Å². The molecule has 60 heavy (non-hydrogen) atoms. The van der Waals surface area contributed by atoms with E-state index in [-0.39, 0.29) is 44.0 Å². The number of amides is 7. The molecule has 5 heterocycles. The van der Waals surface area contributed by atoms with E-state index in [4.69, 9.17) is 4.74 Å². The van der Waals surface area contributed by atoms with Crippen LogP contribution in [0.25, 0.3) is 11.0 Å². The van der Waals surface area contributed by atoms with E-state index in [1.807, 2.05) is 6.92 Å². The van der Waals surface area contributed by atoms with Crippen LogP contribution in [0.1, 0.15) is 64.9 Å². The fourth-order valence-electron chi connectivity index (χ4n) is 8.73. The summed E-state index contributed by atoms with van der Waals surface area (Å²) in [6.07, 6.45) is 2.22. The van der Waals surface area contributed by atoms with Crippen LogP contribution in [0.5, 0.6) is 0 Å². The summed E-state index contributed by atoms with van der Waals surface area (Å²) in [5, 5.41) is 10.6. The SMILES string of the molecule is C[C@H]1C[C@H]2C(=O)O[C@@H](C)[C@H](NC(=O)[C@H](Cc3cc(F)cc(F)c3)NC(=O)Nc3ccc4nc[nH]c4c3)C(=O)N3CCC[C@H]3C(=O)N3CCCC[C@H]3C(=O)N[C@@H](C)C(=O)N2C1. The normalized spacial score (nSPS) is 27.1. The molecule has 4 saturated heterocycles. The third-order valence-electron chi connectivity index (χ3n) is 11.7. The van der Waals surface area contributed by atoms with Gasteiger partial charge in [-0.2, -0.15) is 0 Å². The minimum absolute atomic E-state index is 0.00953. The van der Waals surface area contributed by atoms with E-state index in [2.05, 4.69) is 31.2 Å². The number of rotatable bonds is 6. The first-order chi connectivity index (χ1) is 28.7. The summed E-state index contributed by atoms with van der Waals surface area (Å²) in [5.41, 5.74) is 1.59. The first-order valence-electron chi connectivity index (χ1n) is 20.3. The number of anilines is 1. The van der Waals surface area contributed by atoms with Crippen LogP contribution in [0.15, 0.2) is 42.7 Å². The van der Waals surface area contributed by atoms with E-state index >= 15 is 0 Å². The molecule has 19 heteroatoms. The number of hydrogen-bond donors (Lipinski definition) is 5. The number of esters is 1. The van der Waals surface area contributed by atoms with Gasteiger partial charge in [0.05, 0.1) is 17.4 Å². The molecular weight excluding hydrogens is 785 g/mol. The predicted octanol–water partition coefficient (Wildman–Crippen LogP) is 2.12. The first-order valence-corrected chi connectivity index (χ1v) is 20.3. The van der Waals surface area contributed by atoms with E-state index in [0.29, 0.717) is 48.5 Å². The molecule has 7 amide bonds. The van der Waals surface area contributed by atoms with Crippen LogP contribution in [0, 0.1) is 17.6 Å². The molecule has 0 spiro atoms. The molecule has 2 aromatic carbocycles. The Morgan fingerprint density at radius 2 is 1.58 bits per heavy atom. The van der Waals surface area contributed by atoms with Gasteiger partial charge in [-0.1, -0.05) is 6.92 Å². The van der Waals surface area contributed by atoms with Crippen LogP contribution in [-0.2, 0) is 39.9 Å². The number of nitrogens with one attached hydrogen (secondary N) is 5. The van der Waals surface area contributed by atoms with Gasteiger partial charge < -0.3 is 45.7 Å². The molecule has 0 radical (unpaired) electrons. The maximum absolute atomic E-state index is 14.7. The van der Waals surface area contributed by atoms with Gasteiger partial charge in [0, 0.05) is 37.8 Å². The number of carbonyl (C=O) groups is 7. The highest BCUT2D eigenvalue weighted by Gasteiger charge is 2.47.